The van der Waals surface area contributed by atoms with E-state index < -0.39 is 0 Å². The summed E-state index contributed by atoms with van der Waals surface area (Å²) in [5.41, 5.74) is 6.87. The van der Waals surface area contributed by atoms with Gasteiger partial charge in [0.1, 0.15) is 0 Å². The molecule has 0 amide bonds. The molecule has 0 bridgehead atoms. The molecule has 2 heteroatoms. The third kappa shape index (κ3) is 2.16. The summed E-state index contributed by atoms with van der Waals surface area (Å²) in [6.07, 6.45) is 0. The van der Waals surface area contributed by atoms with Gasteiger partial charge in [0.05, 0.1) is 12.7 Å². The van der Waals surface area contributed by atoms with Crippen molar-refractivity contribution < 1.29 is 9.53 Å². The van der Waals surface area contributed by atoms with Crippen LogP contribution < -0.4 is 0 Å². The van der Waals surface area contributed by atoms with E-state index in [9.17, 15) is 4.79 Å². The van der Waals surface area contributed by atoms with Gasteiger partial charge in [-0.3, -0.25) is 0 Å². The van der Waals surface area contributed by atoms with E-state index in [-0.39, 0.29) is 5.97 Å². The Labute approximate surface area is 141 Å². The van der Waals surface area contributed by atoms with E-state index in [0.717, 1.165) is 33.4 Å². The van der Waals surface area contributed by atoms with Gasteiger partial charge in [0.25, 0.3) is 0 Å². The maximum atomic E-state index is 12.6. The third-order valence-corrected chi connectivity index (χ3v) is 4.38. The number of hydrogen-bond acceptors (Lipinski definition) is 2. The zero-order valence-corrected chi connectivity index (χ0v) is 13.3. The summed E-state index contributed by atoms with van der Waals surface area (Å²) in [6, 6.07) is 26.1. The van der Waals surface area contributed by atoms with E-state index in [1.807, 2.05) is 54.6 Å². The number of fused-ring (bicyclic) bond motifs is 3. The first-order valence-electron chi connectivity index (χ1n) is 7.88. The molecule has 24 heavy (non-hydrogen) atoms. The van der Waals surface area contributed by atoms with Crippen molar-refractivity contribution in [2.45, 2.75) is 0 Å². The van der Waals surface area contributed by atoms with Gasteiger partial charge in [-0.15, -0.1) is 0 Å². The maximum Gasteiger partial charge on any atom is 0.339 e. The number of carbonyl (C=O) groups is 1. The summed E-state index contributed by atoms with van der Waals surface area (Å²) < 4.78 is 5.11. The normalized spacial score (nSPS) is 11.6. The molecule has 0 fully saturated rings. The highest BCUT2D eigenvalue weighted by Crippen LogP contribution is 2.47. The zero-order valence-electron chi connectivity index (χ0n) is 13.3. The van der Waals surface area contributed by atoms with Crippen LogP contribution in [0, 0.1) is 0 Å². The summed E-state index contributed by atoms with van der Waals surface area (Å²) in [4.78, 5) is 12.6. The Morgan fingerprint density at radius 3 is 1.62 bits per heavy atom. The van der Waals surface area contributed by atoms with Crippen molar-refractivity contribution in [3.8, 4) is 11.1 Å². The first-order valence-corrected chi connectivity index (χ1v) is 7.88. The third-order valence-electron chi connectivity index (χ3n) is 4.38. The smallest absolute Gasteiger partial charge is 0.339 e. The average molecular weight is 312 g/mol. The molecule has 0 unspecified atom stereocenters. The number of carbonyl (C=O) groups excluding carboxylic acids is 1. The number of methoxy groups -OCH3 is 1. The average Bonchev–Trinajstić information content (AvgIpc) is 2.98. The topological polar surface area (TPSA) is 26.3 Å². The molecule has 0 heterocycles. The van der Waals surface area contributed by atoms with Crippen LogP contribution in [0.2, 0.25) is 0 Å². The molecular formula is C22H16O2. The quantitative estimate of drug-likeness (QED) is 0.392. The van der Waals surface area contributed by atoms with Crippen molar-refractivity contribution in [1.82, 2.24) is 0 Å². The van der Waals surface area contributed by atoms with Crippen LogP contribution >= 0.6 is 0 Å². The molecule has 1 aliphatic carbocycles. The van der Waals surface area contributed by atoms with E-state index in [1.54, 1.807) is 0 Å². The van der Waals surface area contributed by atoms with Crippen LogP contribution in [-0.4, -0.2) is 13.1 Å². The lowest BCUT2D eigenvalue weighted by atomic mass is 9.93. The molecule has 0 N–H and O–H groups in total. The fourth-order valence-electron chi connectivity index (χ4n) is 3.36. The molecule has 0 saturated heterocycles. The second kappa shape index (κ2) is 5.82. The molecule has 3 aromatic rings. The standard InChI is InChI=1S/C22H16O2/c1-24-22(23)20(15-9-3-2-4-10-15)21-18-13-7-5-11-16(18)17-12-6-8-14-19(17)21/h2-14H,1H3. The van der Waals surface area contributed by atoms with Crippen molar-refractivity contribution in [3.05, 3.63) is 95.6 Å². The lowest BCUT2D eigenvalue weighted by Gasteiger charge is -2.12. The Morgan fingerprint density at radius 2 is 1.12 bits per heavy atom. The zero-order chi connectivity index (χ0) is 16.5. The summed E-state index contributed by atoms with van der Waals surface area (Å²) in [7, 11) is 1.43. The van der Waals surface area contributed by atoms with Crippen LogP contribution in [0.25, 0.3) is 22.3 Å². The maximum absolute atomic E-state index is 12.6. The van der Waals surface area contributed by atoms with Gasteiger partial charge in [-0.1, -0.05) is 78.9 Å². The van der Waals surface area contributed by atoms with Gasteiger partial charge < -0.3 is 4.74 Å². The first-order chi connectivity index (χ1) is 11.8. The van der Waals surface area contributed by atoms with Crippen molar-refractivity contribution in [3.63, 3.8) is 0 Å². The highest BCUT2D eigenvalue weighted by Gasteiger charge is 2.29. The highest BCUT2D eigenvalue weighted by molar-refractivity contribution is 6.29. The summed E-state index contributed by atoms with van der Waals surface area (Å²) in [5.74, 6) is -0.317. The molecule has 2 nitrogen and oxygen atoms in total. The second-order valence-corrected chi connectivity index (χ2v) is 5.70. The monoisotopic (exact) mass is 312 g/mol. The molecule has 0 atom stereocenters. The van der Waals surface area contributed by atoms with Crippen molar-refractivity contribution in [2.75, 3.05) is 7.11 Å². The van der Waals surface area contributed by atoms with Crippen LogP contribution in [0.3, 0.4) is 0 Å². The minimum Gasteiger partial charge on any atom is -0.465 e. The largest absolute Gasteiger partial charge is 0.465 e. The second-order valence-electron chi connectivity index (χ2n) is 5.70. The van der Waals surface area contributed by atoms with Crippen molar-refractivity contribution in [1.29, 1.82) is 0 Å². The summed E-state index contributed by atoms with van der Waals surface area (Å²) >= 11 is 0. The SMILES string of the molecule is COC(=O)C(=C1c2ccccc2-c2ccccc21)c1ccccc1. The van der Waals surface area contributed by atoms with Gasteiger partial charge in [0.2, 0.25) is 0 Å². The van der Waals surface area contributed by atoms with Gasteiger partial charge in [-0.2, -0.15) is 0 Å². The number of rotatable bonds is 2. The molecular weight excluding hydrogens is 296 g/mol. The first kappa shape index (κ1) is 14.5. The van der Waals surface area contributed by atoms with E-state index in [1.165, 1.54) is 7.11 Å². The minimum absolute atomic E-state index is 0.317. The lowest BCUT2D eigenvalue weighted by Crippen LogP contribution is -2.06. The molecule has 0 aliphatic heterocycles. The Hall–Kier alpha value is -3.13. The highest BCUT2D eigenvalue weighted by atomic mass is 16.5. The number of benzene rings is 3. The molecule has 116 valence electrons. The summed E-state index contributed by atoms with van der Waals surface area (Å²) in [5, 5.41) is 0. The Bertz CT molecular complexity index is 905. The van der Waals surface area contributed by atoms with E-state index in [0.29, 0.717) is 5.57 Å². The van der Waals surface area contributed by atoms with Gasteiger partial charge >= 0.3 is 5.97 Å². The van der Waals surface area contributed by atoms with E-state index in [2.05, 4.69) is 24.3 Å². The number of ether oxygens (including phenoxy) is 1. The number of hydrogen-bond donors (Lipinski definition) is 0. The predicted octanol–water partition coefficient (Wildman–Crippen LogP) is 4.80. The lowest BCUT2D eigenvalue weighted by molar-refractivity contribution is -0.133. The Kier molecular flexibility index (Phi) is 3.51. The van der Waals surface area contributed by atoms with Crippen molar-refractivity contribution in [2.24, 2.45) is 0 Å². The van der Waals surface area contributed by atoms with Gasteiger partial charge in [0.15, 0.2) is 0 Å². The van der Waals surface area contributed by atoms with Crippen LogP contribution in [0.4, 0.5) is 0 Å². The molecule has 0 radical (unpaired) electrons. The fraction of sp³-hybridized carbons (Fsp3) is 0.0455. The molecule has 0 spiro atoms. The van der Waals surface area contributed by atoms with E-state index in [4.69, 9.17) is 4.74 Å². The predicted molar refractivity (Wildman–Crippen MR) is 96.3 cm³/mol. The molecule has 0 aromatic heterocycles. The summed E-state index contributed by atoms with van der Waals surface area (Å²) in [6.45, 7) is 0. The van der Waals surface area contributed by atoms with Gasteiger partial charge in [0, 0.05) is 5.57 Å². The van der Waals surface area contributed by atoms with Crippen LogP contribution in [0.15, 0.2) is 78.9 Å². The Balaban J connectivity index is 2.11. The van der Waals surface area contributed by atoms with Crippen LogP contribution in [0.1, 0.15) is 16.7 Å². The molecule has 0 saturated carbocycles. The van der Waals surface area contributed by atoms with Crippen LogP contribution in [-0.2, 0) is 9.53 Å². The minimum atomic E-state index is -0.317. The van der Waals surface area contributed by atoms with Crippen molar-refractivity contribution >= 4 is 17.1 Å². The van der Waals surface area contributed by atoms with Gasteiger partial charge in [-0.05, 0) is 27.8 Å². The molecule has 3 aromatic carbocycles. The number of esters is 1. The molecule has 1 aliphatic rings. The van der Waals surface area contributed by atoms with Crippen LogP contribution in [0.5, 0.6) is 0 Å². The Morgan fingerprint density at radius 1 is 0.667 bits per heavy atom. The van der Waals surface area contributed by atoms with Gasteiger partial charge in [-0.25, -0.2) is 4.79 Å². The van der Waals surface area contributed by atoms with E-state index >= 15 is 0 Å². The fourth-order valence-corrected chi connectivity index (χ4v) is 3.36. The molecule has 4 rings (SSSR count).